The maximum absolute atomic E-state index is 13.6. The lowest BCUT2D eigenvalue weighted by molar-refractivity contribution is -0.137. The van der Waals surface area contributed by atoms with E-state index in [1.807, 2.05) is 0 Å². The largest absolute Gasteiger partial charge is 0.456 e. The Balaban J connectivity index is 1.98. The summed E-state index contributed by atoms with van der Waals surface area (Å²) >= 11 is 0. The van der Waals surface area contributed by atoms with Gasteiger partial charge in [0.2, 0.25) is 11.1 Å². The minimum Gasteiger partial charge on any atom is -0.456 e. The zero-order chi connectivity index (χ0) is 21.2. The molecule has 29 heavy (non-hydrogen) atoms. The number of hydrogen-bond acceptors (Lipinski definition) is 4. The third-order valence-electron chi connectivity index (χ3n) is 4.06. The molecule has 150 valence electrons. The highest BCUT2D eigenvalue weighted by molar-refractivity contribution is 5.87. The fourth-order valence-electron chi connectivity index (χ4n) is 2.66. The first-order valence-corrected chi connectivity index (χ1v) is 8.36. The molecule has 1 heterocycles. The molecule has 5 nitrogen and oxygen atoms in total. The lowest BCUT2D eigenvalue weighted by Crippen LogP contribution is -2.25. The Kier molecular flexibility index (Phi) is 5.49. The van der Waals surface area contributed by atoms with Crippen LogP contribution in [0.3, 0.4) is 0 Å². The number of carbonyl (C=O) groups is 1. The fourth-order valence-corrected chi connectivity index (χ4v) is 2.66. The Labute approximate surface area is 162 Å². The molecule has 1 aromatic heterocycles. The van der Waals surface area contributed by atoms with Crippen molar-refractivity contribution in [1.82, 2.24) is 9.78 Å². The summed E-state index contributed by atoms with van der Waals surface area (Å²) in [6, 6.07) is 11.2. The summed E-state index contributed by atoms with van der Waals surface area (Å²) in [5.74, 6) is -1.77. The second-order valence-electron chi connectivity index (χ2n) is 6.09. The zero-order valence-corrected chi connectivity index (χ0v) is 15.0. The van der Waals surface area contributed by atoms with Crippen LogP contribution in [0.4, 0.5) is 17.6 Å². The van der Waals surface area contributed by atoms with Crippen molar-refractivity contribution in [2.24, 2.45) is 0 Å². The van der Waals surface area contributed by atoms with Gasteiger partial charge in [0.1, 0.15) is 12.4 Å². The zero-order valence-electron chi connectivity index (χ0n) is 15.0. The Morgan fingerprint density at radius 2 is 1.76 bits per heavy atom. The normalized spacial score (nSPS) is 11.3. The maximum atomic E-state index is 13.6. The molecule has 0 aliphatic rings. The van der Waals surface area contributed by atoms with Gasteiger partial charge >= 0.3 is 12.1 Å². The summed E-state index contributed by atoms with van der Waals surface area (Å²) in [6.07, 6.45) is -4.67. The molecule has 0 aliphatic heterocycles. The second kappa shape index (κ2) is 7.86. The van der Waals surface area contributed by atoms with Gasteiger partial charge in [0.25, 0.3) is 0 Å². The molecule has 0 N–H and O–H groups in total. The first kappa shape index (κ1) is 20.2. The number of nitrogens with zero attached hydrogens (tertiary/aromatic N) is 2. The van der Waals surface area contributed by atoms with Gasteiger partial charge in [-0.05, 0) is 25.1 Å². The molecule has 9 heteroatoms. The van der Waals surface area contributed by atoms with E-state index in [2.05, 4.69) is 5.10 Å². The first-order chi connectivity index (χ1) is 13.7. The highest BCUT2D eigenvalue weighted by atomic mass is 19.4. The van der Waals surface area contributed by atoms with Crippen molar-refractivity contribution in [2.45, 2.75) is 19.7 Å². The van der Waals surface area contributed by atoms with Gasteiger partial charge in [-0.2, -0.15) is 18.3 Å². The number of halogens is 4. The standard InChI is InChI=1S/C20H14F4N2O3/c1-12-10-17(27)18(19(28)29-11-13-6-2-4-8-15(13)21)25-26(12)16-9-5-3-7-14(16)20(22,23)24/h2-10H,11H2,1H3. The van der Waals surface area contributed by atoms with Gasteiger partial charge in [-0.3, -0.25) is 4.79 Å². The van der Waals surface area contributed by atoms with Crippen LogP contribution in [0.2, 0.25) is 0 Å². The van der Waals surface area contributed by atoms with E-state index in [0.29, 0.717) is 0 Å². The molecule has 0 saturated heterocycles. The summed E-state index contributed by atoms with van der Waals surface area (Å²) in [5.41, 5.74) is -2.68. The van der Waals surface area contributed by atoms with Crippen LogP contribution < -0.4 is 5.43 Å². The molecule has 2 aromatic carbocycles. The minimum absolute atomic E-state index is 0.0794. The summed E-state index contributed by atoms with van der Waals surface area (Å²) in [5, 5.41) is 3.79. The topological polar surface area (TPSA) is 61.2 Å². The van der Waals surface area contributed by atoms with Crippen molar-refractivity contribution >= 4 is 5.97 Å². The van der Waals surface area contributed by atoms with Crippen molar-refractivity contribution in [3.8, 4) is 5.69 Å². The van der Waals surface area contributed by atoms with Crippen molar-refractivity contribution < 1.29 is 27.1 Å². The number of aromatic nitrogens is 2. The Morgan fingerprint density at radius 3 is 2.45 bits per heavy atom. The quantitative estimate of drug-likeness (QED) is 0.484. The monoisotopic (exact) mass is 406 g/mol. The molecule has 0 saturated carbocycles. The highest BCUT2D eigenvalue weighted by Crippen LogP contribution is 2.33. The summed E-state index contributed by atoms with van der Waals surface area (Å²) < 4.78 is 59.4. The van der Waals surface area contributed by atoms with Crippen LogP contribution in [0.15, 0.2) is 59.4 Å². The van der Waals surface area contributed by atoms with Gasteiger partial charge in [0.05, 0.1) is 11.3 Å². The Morgan fingerprint density at radius 1 is 1.10 bits per heavy atom. The van der Waals surface area contributed by atoms with Gasteiger partial charge < -0.3 is 4.74 Å². The Hall–Kier alpha value is -3.49. The van der Waals surface area contributed by atoms with Crippen LogP contribution in [-0.2, 0) is 17.5 Å². The van der Waals surface area contributed by atoms with Crippen molar-refractivity contribution in [3.63, 3.8) is 0 Å². The highest BCUT2D eigenvalue weighted by Gasteiger charge is 2.34. The number of hydrogen-bond donors (Lipinski definition) is 0. The number of carbonyl (C=O) groups excluding carboxylic acids is 1. The maximum Gasteiger partial charge on any atom is 0.418 e. The molecule has 0 spiro atoms. The molecular weight excluding hydrogens is 392 g/mol. The molecular formula is C20H14F4N2O3. The van der Waals surface area contributed by atoms with E-state index in [1.165, 1.54) is 49.4 Å². The predicted molar refractivity (Wildman–Crippen MR) is 95.1 cm³/mol. The third-order valence-corrected chi connectivity index (χ3v) is 4.06. The molecule has 0 radical (unpaired) electrons. The van der Waals surface area contributed by atoms with Crippen molar-refractivity contribution in [2.75, 3.05) is 0 Å². The average molecular weight is 406 g/mol. The van der Waals surface area contributed by atoms with Gasteiger partial charge in [-0.15, -0.1) is 0 Å². The number of alkyl halides is 3. The van der Waals surface area contributed by atoms with Gasteiger partial charge in [0.15, 0.2) is 0 Å². The van der Waals surface area contributed by atoms with Gasteiger partial charge in [0, 0.05) is 17.3 Å². The van der Waals surface area contributed by atoms with E-state index >= 15 is 0 Å². The average Bonchev–Trinajstić information content (AvgIpc) is 2.66. The van der Waals surface area contributed by atoms with Gasteiger partial charge in [-0.25, -0.2) is 13.9 Å². The lowest BCUT2D eigenvalue weighted by atomic mass is 10.1. The van der Waals surface area contributed by atoms with Crippen LogP contribution in [0.5, 0.6) is 0 Å². The van der Waals surface area contributed by atoms with E-state index in [-0.39, 0.29) is 16.9 Å². The number of aryl methyl sites for hydroxylation is 1. The first-order valence-electron chi connectivity index (χ1n) is 8.36. The van der Waals surface area contributed by atoms with Crippen LogP contribution in [0, 0.1) is 12.7 Å². The van der Waals surface area contributed by atoms with Crippen LogP contribution >= 0.6 is 0 Å². The Bertz CT molecular complexity index is 1120. The molecule has 0 fully saturated rings. The van der Waals surface area contributed by atoms with Gasteiger partial charge in [-0.1, -0.05) is 30.3 Å². The molecule has 0 aliphatic carbocycles. The third kappa shape index (κ3) is 4.34. The summed E-state index contributed by atoms with van der Waals surface area (Å²) in [7, 11) is 0. The molecule has 0 atom stereocenters. The van der Waals surface area contributed by atoms with E-state index in [1.54, 1.807) is 0 Å². The summed E-state index contributed by atoms with van der Waals surface area (Å²) in [4.78, 5) is 24.4. The number of rotatable bonds is 4. The molecule has 0 bridgehead atoms. The van der Waals surface area contributed by atoms with Crippen molar-refractivity contribution in [1.29, 1.82) is 0 Å². The van der Waals surface area contributed by atoms with Crippen molar-refractivity contribution in [3.05, 3.63) is 93.2 Å². The fraction of sp³-hybridized carbons (Fsp3) is 0.150. The van der Waals surface area contributed by atoms with E-state index in [9.17, 15) is 27.2 Å². The number of para-hydroxylation sites is 1. The number of esters is 1. The van der Waals surface area contributed by atoms with E-state index < -0.39 is 41.3 Å². The minimum atomic E-state index is -4.67. The smallest absolute Gasteiger partial charge is 0.418 e. The van der Waals surface area contributed by atoms with E-state index in [4.69, 9.17) is 4.74 Å². The molecule has 3 rings (SSSR count). The molecule has 3 aromatic rings. The second-order valence-corrected chi connectivity index (χ2v) is 6.09. The van der Waals surface area contributed by atoms with E-state index in [0.717, 1.165) is 16.8 Å². The van der Waals surface area contributed by atoms with Crippen LogP contribution in [-0.4, -0.2) is 15.7 Å². The van der Waals surface area contributed by atoms with Crippen LogP contribution in [0.1, 0.15) is 27.3 Å². The number of benzene rings is 2. The van der Waals surface area contributed by atoms with Crippen LogP contribution in [0.25, 0.3) is 5.69 Å². The molecule has 0 unspecified atom stereocenters. The molecule has 0 amide bonds. The lowest BCUT2D eigenvalue weighted by Gasteiger charge is -2.16. The predicted octanol–water partition coefficient (Wildman–Crippen LogP) is 4.06. The SMILES string of the molecule is Cc1cc(=O)c(C(=O)OCc2ccccc2F)nn1-c1ccccc1C(F)(F)F. The number of ether oxygens (including phenoxy) is 1. The summed E-state index contributed by atoms with van der Waals surface area (Å²) in [6.45, 7) is 0.926.